The third kappa shape index (κ3) is 4.39. The molecule has 0 bridgehead atoms. The summed E-state index contributed by atoms with van der Waals surface area (Å²) in [5.74, 6) is -3.37. The van der Waals surface area contributed by atoms with Gasteiger partial charge in [0.25, 0.3) is 0 Å². The third-order valence-corrected chi connectivity index (χ3v) is 9.65. The van der Waals surface area contributed by atoms with Crippen LogP contribution >= 0.6 is 7.37 Å². The summed E-state index contributed by atoms with van der Waals surface area (Å²) in [5, 5.41) is 0. The molecule has 0 saturated heterocycles. The van der Waals surface area contributed by atoms with Crippen molar-refractivity contribution in [1.82, 2.24) is 4.90 Å². The highest BCUT2D eigenvalue weighted by molar-refractivity contribution is 7.59. The Kier molecular flexibility index (Phi) is 6.85. The molecular weight excluding hydrogens is 518 g/mol. The quantitative estimate of drug-likeness (QED) is 0.393. The Morgan fingerprint density at radius 1 is 1.24 bits per heavy atom. The van der Waals surface area contributed by atoms with E-state index >= 15 is 0 Å². The lowest BCUT2D eigenvalue weighted by Gasteiger charge is -2.36. The van der Waals surface area contributed by atoms with E-state index in [0.717, 1.165) is 7.11 Å². The molecule has 3 atom stereocenters. The second-order valence-electron chi connectivity index (χ2n) is 9.13. The molecule has 0 saturated carbocycles. The minimum atomic E-state index is -5.27. The first-order valence-corrected chi connectivity index (χ1v) is 13.7. The molecule has 37 heavy (non-hydrogen) atoms. The summed E-state index contributed by atoms with van der Waals surface area (Å²) in [4.78, 5) is 38.1. The van der Waals surface area contributed by atoms with E-state index in [1.807, 2.05) is 0 Å². The molecule has 1 aromatic rings. The van der Waals surface area contributed by atoms with Gasteiger partial charge >= 0.3 is 18.1 Å². The molecule has 1 spiro atoms. The van der Waals surface area contributed by atoms with Gasteiger partial charge < -0.3 is 23.6 Å². The summed E-state index contributed by atoms with van der Waals surface area (Å²) in [5.41, 5.74) is -0.655. The second-order valence-corrected chi connectivity index (χ2v) is 12.2. The number of halogens is 3. The van der Waals surface area contributed by atoms with Gasteiger partial charge in [-0.1, -0.05) is 19.9 Å². The van der Waals surface area contributed by atoms with E-state index in [1.165, 1.54) is 25.3 Å². The Balaban J connectivity index is 2.00. The lowest BCUT2D eigenvalue weighted by atomic mass is 9.68. The number of ether oxygens (including phenoxy) is 3. The van der Waals surface area contributed by atoms with Crippen molar-refractivity contribution < 1.29 is 50.9 Å². The molecule has 2 aliphatic heterocycles. The van der Waals surface area contributed by atoms with Crippen LogP contribution in [-0.2, 0) is 35.6 Å². The highest BCUT2D eigenvalue weighted by atomic mass is 31.2. The largest absolute Gasteiger partial charge is 0.490 e. The summed E-state index contributed by atoms with van der Waals surface area (Å²) < 4.78 is 76.5. The zero-order chi connectivity index (χ0) is 27.3. The second kappa shape index (κ2) is 9.38. The third-order valence-electron chi connectivity index (χ3n) is 7.19. The monoisotopic (exact) mass is 545 g/mol. The average Bonchev–Trinajstić information content (AvgIpc) is 3.10. The maximum absolute atomic E-state index is 13.7. The molecule has 0 N–H and O–H groups in total. The minimum Gasteiger partial charge on any atom is -0.490 e. The van der Waals surface area contributed by atoms with Gasteiger partial charge in [0.1, 0.15) is 12.1 Å². The first-order valence-electron chi connectivity index (χ1n) is 11.7. The van der Waals surface area contributed by atoms with E-state index in [2.05, 4.69) is 0 Å². The van der Waals surface area contributed by atoms with Crippen LogP contribution in [-0.4, -0.2) is 67.4 Å². The number of carbonyl (C=O) groups excluding carboxylic acids is 3. The number of carbonyl (C=O) groups is 3. The highest BCUT2D eigenvalue weighted by Gasteiger charge is 2.59. The van der Waals surface area contributed by atoms with Crippen molar-refractivity contribution in [3.8, 4) is 17.2 Å². The maximum atomic E-state index is 13.7. The Morgan fingerprint density at radius 3 is 2.49 bits per heavy atom. The fraction of sp³-hybridized carbons (Fsp3) is 0.542. The van der Waals surface area contributed by atoms with Gasteiger partial charge in [-0.05, 0) is 24.1 Å². The van der Waals surface area contributed by atoms with Crippen LogP contribution in [0.1, 0.15) is 37.8 Å². The molecule has 0 radical (unpaired) electrons. The van der Waals surface area contributed by atoms with Crippen molar-refractivity contribution in [3.05, 3.63) is 29.3 Å². The molecule has 13 heteroatoms. The number of alkyl halides is 3. The zero-order valence-electron chi connectivity index (χ0n) is 20.7. The molecule has 0 fully saturated rings. The number of methoxy groups -OCH3 is 2. The van der Waals surface area contributed by atoms with Crippen molar-refractivity contribution in [1.29, 1.82) is 0 Å². The number of hydrogen-bond donors (Lipinski definition) is 0. The topological polar surface area (TPSA) is 108 Å². The van der Waals surface area contributed by atoms with Gasteiger partial charge in [0.05, 0.1) is 19.6 Å². The van der Waals surface area contributed by atoms with Gasteiger partial charge in [-0.25, -0.2) is 4.79 Å². The SMILES string of the molecule is CCP(=O)(CC)Oc1cc2c3c(c1OC)OC1CC(=O)C=CC31CC(C(=O)OC)N(C(=O)C(F)(F)F)C2. The summed E-state index contributed by atoms with van der Waals surface area (Å²) in [6.07, 6.45) is -3.40. The molecule has 3 aliphatic rings. The molecule has 0 aromatic heterocycles. The Labute approximate surface area is 211 Å². The molecule has 1 amide bonds. The standard InChI is InChI=1S/C24H27F3NO8P/c1-5-37(32,6-2)36-16-9-13-12-28(22(31)24(25,26)27)15(21(30)34-4)11-23-8-7-14(29)10-17(23)35-20(18(13)23)19(16)33-3/h7-9,15,17H,5-6,10-12H2,1-4H3. The van der Waals surface area contributed by atoms with Crippen LogP contribution in [0.25, 0.3) is 0 Å². The number of rotatable bonds is 6. The molecule has 4 rings (SSSR count). The average molecular weight is 545 g/mol. The van der Waals surface area contributed by atoms with E-state index in [-0.39, 0.29) is 53.8 Å². The highest BCUT2D eigenvalue weighted by Crippen LogP contribution is 2.61. The van der Waals surface area contributed by atoms with E-state index < -0.39 is 49.5 Å². The van der Waals surface area contributed by atoms with Gasteiger partial charge in [-0.3, -0.25) is 14.2 Å². The lowest BCUT2D eigenvalue weighted by molar-refractivity contribution is -0.191. The summed E-state index contributed by atoms with van der Waals surface area (Å²) in [6.45, 7) is 2.73. The molecule has 3 unspecified atom stereocenters. The molecule has 1 aliphatic carbocycles. The first kappa shape index (κ1) is 27.0. The van der Waals surface area contributed by atoms with Crippen LogP contribution in [0.3, 0.4) is 0 Å². The van der Waals surface area contributed by atoms with Gasteiger partial charge in [0, 0.05) is 30.9 Å². The number of hydrogen-bond acceptors (Lipinski definition) is 8. The molecular formula is C24H27F3NO8P. The van der Waals surface area contributed by atoms with Crippen molar-refractivity contribution in [2.45, 2.75) is 57.0 Å². The van der Waals surface area contributed by atoms with Crippen LogP contribution in [0.4, 0.5) is 13.2 Å². The summed E-state index contributed by atoms with van der Waals surface area (Å²) in [7, 11) is -0.830. The van der Waals surface area contributed by atoms with Crippen LogP contribution in [0.2, 0.25) is 0 Å². The molecule has 2 heterocycles. The normalized spacial score (nSPS) is 24.5. The van der Waals surface area contributed by atoms with E-state index in [1.54, 1.807) is 13.8 Å². The van der Waals surface area contributed by atoms with Crippen molar-refractivity contribution in [2.75, 3.05) is 26.5 Å². The zero-order valence-corrected chi connectivity index (χ0v) is 21.6. The fourth-order valence-electron chi connectivity index (χ4n) is 5.27. The van der Waals surface area contributed by atoms with Crippen LogP contribution < -0.4 is 14.0 Å². The van der Waals surface area contributed by atoms with Crippen molar-refractivity contribution >= 4 is 25.0 Å². The van der Waals surface area contributed by atoms with Crippen LogP contribution in [0.15, 0.2) is 18.2 Å². The van der Waals surface area contributed by atoms with Crippen molar-refractivity contribution in [2.24, 2.45) is 0 Å². The number of nitrogens with zero attached hydrogens (tertiary/aromatic N) is 1. The minimum absolute atomic E-state index is 0.0247. The van der Waals surface area contributed by atoms with E-state index in [4.69, 9.17) is 18.7 Å². The fourth-order valence-corrected chi connectivity index (χ4v) is 6.47. The number of benzene rings is 1. The molecule has 202 valence electrons. The van der Waals surface area contributed by atoms with E-state index in [0.29, 0.717) is 10.5 Å². The summed E-state index contributed by atoms with van der Waals surface area (Å²) >= 11 is 0. The number of esters is 1. The predicted molar refractivity (Wildman–Crippen MR) is 124 cm³/mol. The summed E-state index contributed by atoms with van der Waals surface area (Å²) in [6, 6.07) is -0.252. The van der Waals surface area contributed by atoms with Gasteiger partial charge in [0.2, 0.25) is 13.1 Å². The van der Waals surface area contributed by atoms with Gasteiger partial charge in [-0.2, -0.15) is 13.2 Å². The Morgan fingerprint density at radius 2 is 1.92 bits per heavy atom. The maximum Gasteiger partial charge on any atom is 0.471 e. The van der Waals surface area contributed by atoms with Crippen LogP contribution in [0, 0.1) is 0 Å². The van der Waals surface area contributed by atoms with Crippen LogP contribution in [0.5, 0.6) is 17.2 Å². The molecule has 1 aromatic carbocycles. The Hall–Kier alpha value is -3.01. The number of ketones is 1. The first-order chi connectivity index (χ1) is 17.3. The number of allylic oxidation sites excluding steroid dienone is 1. The smallest absolute Gasteiger partial charge is 0.471 e. The Bertz CT molecular complexity index is 1220. The van der Waals surface area contributed by atoms with Gasteiger partial charge in [0.15, 0.2) is 17.3 Å². The predicted octanol–water partition coefficient (Wildman–Crippen LogP) is 3.76. The van der Waals surface area contributed by atoms with Gasteiger partial charge in [-0.15, -0.1) is 0 Å². The number of amides is 1. The van der Waals surface area contributed by atoms with Crippen molar-refractivity contribution in [3.63, 3.8) is 0 Å². The molecule has 9 nitrogen and oxygen atoms in total. The lowest BCUT2D eigenvalue weighted by Crippen LogP contribution is -2.52. The van der Waals surface area contributed by atoms with E-state index in [9.17, 15) is 32.1 Å².